The van der Waals surface area contributed by atoms with Crippen molar-refractivity contribution in [1.29, 1.82) is 5.26 Å². The number of hydrogen-bond acceptors (Lipinski definition) is 4. The summed E-state index contributed by atoms with van der Waals surface area (Å²) in [7, 11) is 0. The van der Waals surface area contributed by atoms with Gasteiger partial charge in [0.2, 0.25) is 0 Å². The predicted octanol–water partition coefficient (Wildman–Crippen LogP) is 3.20. The van der Waals surface area contributed by atoms with Crippen molar-refractivity contribution < 1.29 is 4.79 Å². The second kappa shape index (κ2) is 9.77. The highest BCUT2D eigenvalue weighted by Crippen LogP contribution is 2.17. The topological polar surface area (TPSA) is 71.4 Å². The number of nitriles is 1. The van der Waals surface area contributed by atoms with Gasteiger partial charge in [0, 0.05) is 44.1 Å². The molecule has 1 heterocycles. The van der Waals surface area contributed by atoms with Gasteiger partial charge in [-0.1, -0.05) is 12.1 Å². The summed E-state index contributed by atoms with van der Waals surface area (Å²) in [6.45, 7) is 7.92. The van der Waals surface area contributed by atoms with Crippen molar-refractivity contribution in [3.8, 4) is 6.07 Å². The average Bonchev–Trinajstić information content (AvgIpc) is 2.72. The third kappa shape index (κ3) is 5.73. The van der Waals surface area contributed by atoms with Crippen LogP contribution >= 0.6 is 0 Å². The van der Waals surface area contributed by atoms with Gasteiger partial charge in [-0.05, 0) is 61.9 Å². The molecule has 0 unspecified atom stereocenters. The van der Waals surface area contributed by atoms with Gasteiger partial charge in [-0.25, -0.2) is 4.79 Å². The zero-order valence-electron chi connectivity index (χ0n) is 16.3. The minimum atomic E-state index is -0.214. The van der Waals surface area contributed by atoms with Gasteiger partial charge in [-0.3, -0.25) is 4.90 Å². The Morgan fingerprint density at radius 1 is 1.11 bits per heavy atom. The third-order valence-corrected chi connectivity index (χ3v) is 4.95. The van der Waals surface area contributed by atoms with E-state index in [0.717, 1.165) is 39.1 Å². The van der Waals surface area contributed by atoms with Crippen molar-refractivity contribution in [2.45, 2.75) is 13.3 Å². The summed E-state index contributed by atoms with van der Waals surface area (Å²) in [5.41, 5.74) is 3.86. The number of piperazine rings is 1. The van der Waals surface area contributed by atoms with E-state index in [1.54, 1.807) is 24.3 Å². The SMILES string of the molecule is Cc1cccc(N2CCN(CCCNC(=O)Nc3ccc(C#N)cc3)CC2)c1. The van der Waals surface area contributed by atoms with E-state index in [1.165, 1.54) is 11.3 Å². The number of hydrogen-bond donors (Lipinski definition) is 2. The van der Waals surface area contributed by atoms with E-state index in [-0.39, 0.29) is 6.03 Å². The largest absolute Gasteiger partial charge is 0.369 e. The molecular formula is C22H27N5O. The minimum absolute atomic E-state index is 0.214. The molecule has 2 amide bonds. The van der Waals surface area contributed by atoms with Crippen LogP contribution in [0.2, 0.25) is 0 Å². The molecule has 0 spiro atoms. The molecule has 0 saturated carbocycles. The van der Waals surface area contributed by atoms with Crippen molar-refractivity contribution in [3.63, 3.8) is 0 Å². The van der Waals surface area contributed by atoms with E-state index in [4.69, 9.17) is 5.26 Å². The highest BCUT2D eigenvalue weighted by molar-refractivity contribution is 5.89. The lowest BCUT2D eigenvalue weighted by atomic mass is 10.2. The maximum atomic E-state index is 11.9. The molecule has 0 aromatic heterocycles. The first-order chi connectivity index (χ1) is 13.6. The molecule has 0 bridgehead atoms. The van der Waals surface area contributed by atoms with Crippen LogP contribution in [-0.4, -0.2) is 50.2 Å². The summed E-state index contributed by atoms with van der Waals surface area (Å²) in [5, 5.41) is 14.5. The number of rotatable bonds is 6. The molecule has 0 aliphatic carbocycles. The number of nitrogens with one attached hydrogen (secondary N) is 2. The van der Waals surface area contributed by atoms with E-state index in [2.05, 4.69) is 57.7 Å². The van der Waals surface area contributed by atoms with Gasteiger partial charge in [0.1, 0.15) is 0 Å². The van der Waals surface area contributed by atoms with Crippen LogP contribution in [0.25, 0.3) is 0 Å². The molecule has 0 radical (unpaired) electrons. The fourth-order valence-electron chi connectivity index (χ4n) is 3.36. The molecule has 146 valence electrons. The number of carbonyl (C=O) groups excluding carboxylic acids is 1. The van der Waals surface area contributed by atoms with Crippen LogP contribution < -0.4 is 15.5 Å². The molecule has 1 fully saturated rings. The number of benzene rings is 2. The number of amides is 2. The number of anilines is 2. The van der Waals surface area contributed by atoms with Crippen LogP contribution in [0.15, 0.2) is 48.5 Å². The summed E-state index contributed by atoms with van der Waals surface area (Å²) >= 11 is 0. The fraction of sp³-hybridized carbons (Fsp3) is 0.364. The van der Waals surface area contributed by atoms with Gasteiger partial charge in [0.25, 0.3) is 0 Å². The first kappa shape index (κ1) is 19.7. The highest BCUT2D eigenvalue weighted by atomic mass is 16.2. The van der Waals surface area contributed by atoms with Crippen molar-refractivity contribution >= 4 is 17.4 Å². The number of nitrogens with zero attached hydrogens (tertiary/aromatic N) is 3. The monoisotopic (exact) mass is 377 g/mol. The molecule has 2 aromatic carbocycles. The number of carbonyl (C=O) groups is 1. The third-order valence-electron chi connectivity index (χ3n) is 4.95. The van der Waals surface area contributed by atoms with Crippen LogP contribution in [0.4, 0.5) is 16.2 Å². The Morgan fingerprint density at radius 2 is 1.86 bits per heavy atom. The van der Waals surface area contributed by atoms with E-state index >= 15 is 0 Å². The Bertz CT molecular complexity index is 820. The van der Waals surface area contributed by atoms with Crippen molar-refractivity contribution in [1.82, 2.24) is 10.2 Å². The molecule has 6 nitrogen and oxygen atoms in total. The van der Waals surface area contributed by atoms with Crippen molar-refractivity contribution in [2.75, 3.05) is 49.5 Å². The Labute approximate surface area is 166 Å². The van der Waals surface area contributed by atoms with E-state index < -0.39 is 0 Å². The van der Waals surface area contributed by atoms with Crippen molar-refractivity contribution in [2.24, 2.45) is 0 Å². The zero-order valence-corrected chi connectivity index (χ0v) is 16.3. The molecule has 2 aromatic rings. The maximum absolute atomic E-state index is 11.9. The van der Waals surface area contributed by atoms with Gasteiger partial charge in [0.05, 0.1) is 11.6 Å². The average molecular weight is 377 g/mol. The van der Waals surface area contributed by atoms with Gasteiger partial charge < -0.3 is 15.5 Å². The summed E-state index contributed by atoms with van der Waals surface area (Å²) in [6, 6.07) is 17.3. The lowest BCUT2D eigenvalue weighted by Crippen LogP contribution is -2.47. The van der Waals surface area contributed by atoms with Gasteiger partial charge >= 0.3 is 6.03 Å². The van der Waals surface area contributed by atoms with Crippen LogP contribution in [0, 0.1) is 18.3 Å². The summed E-state index contributed by atoms with van der Waals surface area (Å²) in [4.78, 5) is 16.8. The Kier molecular flexibility index (Phi) is 6.88. The van der Waals surface area contributed by atoms with E-state index in [0.29, 0.717) is 17.8 Å². The Morgan fingerprint density at radius 3 is 2.54 bits per heavy atom. The molecular weight excluding hydrogens is 350 g/mol. The molecule has 1 saturated heterocycles. The van der Waals surface area contributed by atoms with Crippen LogP contribution in [0.1, 0.15) is 17.5 Å². The summed E-state index contributed by atoms with van der Waals surface area (Å²) in [5.74, 6) is 0. The highest BCUT2D eigenvalue weighted by Gasteiger charge is 2.16. The molecule has 2 N–H and O–H groups in total. The van der Waals surface area contributed by atoms with Gasteiger partial charge in [-0.2, -0.15) is 5.26 Å². The van der Waals surface area contributed by atoms with Gasteiger partial charge in [-0.15, -0.1) is 0 Å². The van der Waals surface area contributed by atoms with Gasteiger partial charge in [0.15, 0.2) is 0 Å². The second-order valence-electron chi connectivity index (χ2n) is 7.09. The normalized spacial score (nSPS) is 14.4. The zero-order chi connectivity index (χ0) is 19.8. The summed E-state index contributed by atoms with van der Waals surface area (Å²) < 4.78 is 0. The standard InChI is InChI=1S/C22H27N5O/c1-18-4-2-5-21(16-18)27-14-12-26(13-15-27)11-3-10-24-22(28)25-20-8-6-19(17-23)7-9-20/h2,4-9,16H,3,10-15H2,1H3,(H2,24,25,28). The second-order valence-corrected chi connectivity index (χ2v) is 7.09. The maximum Gasteiger partial charge on any atom is 0.319 e. The van der Waals surface area contributed by atoms with Crippen molar-refractivity contribution in [3.05, 3.63) is 59.7 Å². The Hall–Kier alpha value is -3.04. The minimum Gasteiger partial charge on any atom is -0.369 e. The number of aryl methyl sites for hydroxylation is 1. The van der Waals surface area contributed by atoms with Crippen LogP contribution in [0.3, 0.4) is 0 Å². The quantitative estimate of drug-likeness (QED) is 0.759. The molecule has 28 heavy (non-hydrogen) atoms. The lowest BCUT2D eigenvalue weighted by molar-refractivity contribution is 0.244. The molecule has 1 aliphatic rings. The summed E-state index contributed by atoms with van der Waals surface area (Å²) in [6.07, 6.45) is 0.922. The van der Waals surface area contributed by atoms with E-state index in [9.17, 15) is 4.79 Å². The smallest absolute Gasteiger partial charge is 0.319 e. The van der Waals surface area contributed by atoms with Crippen LogP contribution in [0.5, 0.6) is 0 Å². The fourth-order valence-corrected chi connectivity index (χ4v) is 3.36. The van der Waals surface area contributed by atoms with Crippen LogP contribution in [-0.2, 0) is 0 Å². The molecule has 1 aliphatic heterocycles. The predicted molar refractivity (Wildman–Crippen MR) is 113 cm³/mol. The first-order valence-electron chi connectivity index (χ1n) is 9.73. The van der Waals surface area contributed by atoms with E-state index in [1.807, 2.05) is 0 Å². The molecule has 3 rings (SSSR count). The number of urea groups is 1. The Balaban J connectivity index is 1.31. The first-order valence-corrected chi connectivity index (χ1v) is 9.73. The lowest BCUT2D eigenvalue weighted by Gasteiger charge is -2.36. The molecule has 6 heteroatoms. The molecule has 0 atom stereocenters.